The summed E-state index contributed by atoms with van der Waals surface area (Å²) < 4.78 is 13.2. The summed E-state index contributed by atoms with van der Waals surface area (Å²) >= 11 is 5.86. The highest BCUT2D eigenvalue weighted by molar-refractivity contribution is 6.30. The molecule has 0 bridgehead atoms. The maximum Gasteiger partial charge on any atom is 0.325 e. The van der Waals surface area contributed by atoms with Crippen LogP contribution in [-0.4, -0.2) is 16.8 Å². The first-order valence-corrected chi connectivity index (χ1v) is 7.98. The second kappa shape index (κ2) is 6.24. The molecular weight excluding hydrogens is 331 g/mol. The molecule has 0 radical (unpaired) electrons. The van der Waals surface area contributed by atoms with Crippen LogP contribution >= 0.6 is 11.6 Å². The van der Waals surface area contributed by atoms with Crippen LogP contribution in [0.1, 0.15) is 24.5 Å². The van der Waals surface area contributed by atoms with Gasteiger partial charge in [0.1, 0.15) is 11.4 Å². The average molecular weight is 347 g/mol. The number of amides is 3. The zero-order chi connectivity index (χ0) is 17.3. The number of hydrogen-bond acceptors (Lipinski definition) is 2. The molecule has 0 saturated carbocycles. The fourth-order valence-electron chi connectivity index (χ4n) is 2.92. The van der Waals surface area contributed by atoms with Crippen molar-refractivity contribution in [3.8, 4) is 0 Å². The molecule has 0 spiro atoms. The Morgan fingerprint density at radius 2 is 1.71 bits per heavy atom. The molecule has 1 aliphatic rings. The van der Waals surface area contributed by atoms with Gasteiger partial charge in [-0.3, -0.25) is 9.69 Å². The third-order valence-corrected chi connectivity index (χ3v) is 4.55. The maximum absolute atomic E-state index is 13.2. The number of rotatable bonds is 4. The minimum Gasteiger partial charge on any atom is -0.319 e. The third-order valence-electron chi connectivity index (χ3n) is 4.30. The van der Waals surface area contributed by atoms with Gasteiger partial charge in [0, 0.05) is 5.02 Å². The number of urea groups is 1. The molecule has 6 heteroatoms. The quantitative estimate of drug-likeness (QED) is 0.855. The van der Waals surface area contributed by atoms with Crippen molar-refractivity contribution >= 4 is 23.5 Å². The number of carbonyl (C=O) groups is 2. The van der Waals surface area contributed by atoms with E-state index < -0.39 is 11.6 Å². The van der Waals surface area contributed by atoms with E-state index in [2.05, 4.69) is 5.32 Å². The molecule has 4 nitrogen and oxygen atoms in total. The normalized spacial score (nSPS) is 20.4. The van der Waals surface area contributed by atoms with E-state index in [0.717, 1.165) is 5.56 Å². The van der Waals surface area contributed by atoms with Crippen molar-refractivity contribution in [1.29, 1.82) is 0 Å². The molecule has 1 unspecified atom stereocenters. The Bertz CT molecular complexity index is 777. The smallest absolute Gasteiger partial charge is 0.319 e. The van der Waals surface area contributed by atoms with E-state index in [1.807, 2.05) is 6.92 Å². The average Bonchev–Trinajstić information content (AvgIpc) is 2.82. The second-order valence-electron chi connectivity index (χ2n) is 5.71. The van der Waals surface area contributed by atoms with Crippen LogP contribution in [0.15, 0.2) is 48.5 Å². The topological polar surface area (TPSA) is 49.4 Å². The van der Waals surface area contributed by atoms with E-state index in [1.165, 1.54) is 29.2 Å². The molecule has 1 N–H and O–H groups in total. The summed E-state index contributed by atoms with van der Waals surface area (Å²) in [4.78, 5) is 26.5. The summed E-state index contributed by atoms with van der Waals surface area (Å²) in [5.41, 5.74) is 0.217. The Kier molecular flexibility index (Phi) is 4.28. The van der Waals surface area contributed by atoms with Gasteiger partial charge in [-0.15, -0.1) is 0 Å². The number of imide groups is 1. The lowest BCUT2D eigenvalue weighted by Gasteiger charge is -2.25. The molecule has 2 aromatic carbocycles. The zero-order valence-electron chi connectivity index (χ0n) is 13.1. The predicted molar refractivity (Wildman–Crippen MR) is 88.9 cm³/mol. The van der Waals surface area contributed by atoms with Gasteiger partial charge in [0.2, 0.25) is 0 Å². The second-order valence-corrected chi connectivity index (χ2v) is 6.15. The lowest BCUT2D eigenvalue weighted by Crippen LogP contribution is -2.43. The van der Waals surface area contributed by atoms with Crippen molar-refractivity contribution in [2.45, 2.75) is 25.4 Å². The van der Waals surface area contributed by atoms with Gasteiger partial charge in [-0.05, 0) is 41.8 Å². The first-order valence-electron chi connectivity index (χ1n) is 7.61. The molecule has 124 valence electrons. The number of nitrogens with zero attached hydrogens (tertiary/aromatic N) is 1. The molecule has 2 aromatic rings. The summed E-state index contributed by atoms with van der Waals surface area (Å²) in [6.45, 7) is 1.97. The summed E-state index contributed by atoms with van der Waals surface area (Å²) in [6.07, 6.45) is 0.375. The Morgan fingerprint density at radius 3 is 2.29 bits per heavy atom. The summed E-state index contributed by atoms with van der Waals surface area (Å²) in [7, 11) is 0. The van der Waals surface area contributed by atoms with Crippen molar-refractivity contribution in [3.63, 3.8) is 0 Å². The van der Waals surface area contributed by atoms with E-state index in [-0.39, 0.29) is 18.3 Å². The monoisotopic (exact) mass is 346 g/mol. The number of carbonyl (C=O) groups excluding carboxylic acids is 2. The number of hydrogen-bond donors (Lipinski definition) is 1. The number of halogens is 2. The molecule has 24 heavy (non-hydrogen) atoms. The molecule has 1 atom stereocenters. The molecule has 1 fully saturated rings. The highest BCUT2D eigenvalue weighted by Gasteiger charge is 2.51. The molecule has 0 aliphatic carbocycles. The van der Waals surface area contributed by atoms with Crippen LogP contribution in [0.3, 0.4) is 0 Å². The highest BCUT2D eigenvalue weighted by atomic mass is 35.5. The Labute approximate surface area is 144 Å². The molecule has 1 aliphatic heterocycles. The fraction of sp³-hybridized carbons (Fsp3) is 0.222. The van der Waals surface area contributed by atoms with Crippen molar-refractivity contribution in [2.24, 2.45) is 0 Å². The van der Waals surface area contributed by atoms with E-state index in [4.69, 9.17) is 11.6 Å². The largest absolute Gasteiger partial charge is 0.325 e. The predicted octanol–water partition coefficient (Wildman–Crippen LogP) is 3.84. The standard InChI is InChI=1S/C18H16ClFN2O2/c1-2-18(13-5-9-15(20)10-6-13)16(23)22(17(24)21-18)11-12-3-7-14(19)8-4-12/h3-10H,2,11H2,1H3,(H,21,24). The van der Waals surface area contributed by atoms with Crippen LogP contribution in [0.5, 0.6) is 0 Å². The molecule has 3 rings (SSSR count). The van der Waals surface area contributed by atoms with Crippen molar-refractivity contribution in [1.82, 2.24) is 10.2 Å². The van der Waals surface area contributed by atoms with Gasteiger partial charge in [0.15, 0.2) is 0 Å². The summed E-state index contributed by atoms with van der Waals surface area (Å²) in [5, 5.41) is 3.36. The van der Waals surface area contributed by atoms with Gasteiger partial charge in [0.05, 0.1) is 6.54 Å². The van der Waals surface area contributed by atoms with Gasteiger partial charge < -0.3 is 5.32 Å². The lowest BCUT2D eigenvalue weighted by molar-refractivity contribution is -0.132. The van der Waals surface area contributed by atoms with E-state index in [1.54, 1.807) is 24.3 Å². The van der Waals surface area contributed by atoms with Crippen molar-refractivity contribution in [2.75, 3.05) is 0 Å². The Hall–Kier alpha value is -2.40. The lowest BCUT2D eigenvalue weighted by atomic mass is 9.87. The Morgan fingerprint density at radius 1 is 1.08 bits per heavy atom. The fourth-order valence-corrected chi connectivity index (χ4v) is 3.04. The van der Waals surface area contributed by atoms with Crippen LogP contribution in [0, 0.1) is 5.82 Å². The Balaban J connectivity index is 1.91. The minimum absolute atomic E-state index is 0.158. The number of nitrogens with one attached hydrogen (secondary N) is 1. The van der Waals surface area contributed by atoms with Crippen LogP contribution in [0.2, 0.25) is 5.02 Å². The number of benzene rings is 2. The maximum atomic E-state index is 13.2. The van der Waals surface area contributed by atoms with Crippen LogP contribution in [0.25, 0.3) is 0 Å². The van der Waals surface area contributed by atoms with Gasteiger partial charge in [0.25, 0.3) is 5.91 Å². The third kappa shape index (κ3) is 2.76. The van der Waals surface area contributed by atoms with E-state index in [9.17, 15) is 14.0 Å². The minimum atomic E-state index is -1.16. The zero-order valence-corrected chi connectivity index (χ0v) is 13.8. The van der Waals surface area contributed by atoms with Crippen LogP contribution in [-0.2, 0) is 16.9 Å². The van der Waals surface area contributed by atoms with Crippen molar-refractivity contribution < 1.29 is 14.0 Å². The van der Waals surface area contributed by atoms with Gasteiger partial charge in [-0.25, -0.2) is 9.18 Å². The van der Waals surface area contributed by atoms with E-state index in [0.29, 0.717) is 17.0 Å². The van der Waals surface area contributed by atoms with Crippen LogP contribution in [0.4, 0.5) is 9.18 Å². The first kappa shape index (κ1) is 16.5. The van der Waals surface area contributed by atoms with Gasteiger partial charge in [-0.2, -0.15) is 0 Å². The van der Waals surface area contributed by atoms with Crippen molar-refractivity contribution in [3.05, 3.63) is 70.5 Å². The van der Waals surface area contributed by atoms with E-state index >= 15 is 0 Å². The SMILES string of the molecule is CCC1(c2ccc(F)cc2)NC(=O)N(Cc2ccc(Cl)cc2)C1=O. The van der Waals surface area contributed by atoms with Crippen LogP contribution < -0.4 is 5.32 Å². The van der Waals surface area contributed by atoms with Gasteiger partial charge >= 0.3 is 6.03 Å². The highest BCUT2D eigenvalue weighted by Crippen LogP contribution is 2.33. The summed E-state index contributed by atoms with van der Waals surface area (Å²) in [6, 6.07) is 12.1. The molecule has 1 saturated heterocycles. The van der Waals surface area contributed by atoms with Gasteiger partial charge in [-0.1, -0.05) is 42.8 Å². The summed E-state index contributed by atoms with van der Waals surface area (Å²) in [5.74, 6) is -0.726. The molecule has 3 amide bonds. The molecule has 1 heterocycles. The molecule has 0 aromatic heterocycles. The first-order chi connectivity index (χ1) is 11.5. The molecular formula is C18H16ClFN2O2.